The Hall–Kier alpha value is -0.750. The topological polar surface area (TPSA) is 27.0 Å². The summed E-state index contributed by atoms with van der Waals surface area (Å²) in [6.07, 6.45) is 0. The molecule has 2 rings (SSSR count). The maximum Gasteiger partial charge on any atom is 0.0676 e. The van der Waals surface area contributed by atoms with Crippen molar-refractivity contribution in [3.8, 4) is 6.07 Å². The van der Waals surface area contributed by atoms with Gasteiger partial charge in [-0.25, -0.2) is 0 Å². The van der Waals surface area contributed by atoms with Gasteiger partial charge in [-0.3, -0.25) is 4.90 Å². The minimum Gasteiger partial charge on any atom is -0.297 e. The van der Waals surface area contributed by atoms with Crippen molar-refractivity contribution in [3.63, 3.8) is 0 Å². The largest absolute Gasteiger partial charge is 0.297 e. The summed E-state index contributed by atoms with van der Waals surface area (Å²) in [5.41, 5.74) is 1.06. The van der Waals surface area contributed by atoms with E-state index in [0.717, 1.165) is 18.7 Å². The number of likely N-dealkylation sites (tertiary alicyclic amines) is 1. The first-order chi connectivity index (χ1) is 8.82. The minimum atomic E-state index is -0.0322. The highest BCUT2D eigenvalue weighted by atomic mass is 35.5. The van der Waals surface area contributed by atoms with Crippen molar-refractivity contribution in [3.05, 3.63) is 33.8 Å². The fourth-order valence-corrected chi connectivity index (χ4v) is 3.03. The molecule has 1 saturated heterocycles. The molecule has 0 aliphatic carbocycles. The van der Waals surface area contributed by atoms with Gasteiger partial charge in [-0.2, -0.15) is 5.26 Å². The van der Waals surface area contributed by atoms with Gasteiger partial charge in [0.15, 0.2) is 0 Å². The monoisotopic (exact) mass is 296 g/mol. The van der Waals surface area contributed by atoms with Crippen LogP contribution >= 0.6 is 23.2 Å². The summed E-state index contributed by atoms with van der Waals surface area (Å²) in [5, 5.41) is 10.8. The first kappa shape index (κ1) is 14.7. The van der Waals surface area contributed by atoms with Crippen LogP contribution in [0.4, 0.5) is 0 Å². The molecule has 1 aromatic carbocycles. The van der Waals surface area contributed by atoms with Crippen molar-refractivity contribution in [2.75, 3.05) is 13.1 Å². The third-order valence-corrected chi connectivity index (χ3v) is 4.37. The SMILES string of the molecule is CC(C)(C)N1C[C@H](c2cc(Cl)ccc2Cl)[C@@H](C#N)C1. The molecule has 1 aromatic rings. The zero-order chi connectivity index (χ0) is 14.2. The molecule has 1 heterocycles. The normalized spacial score (nSPS) is 24.4. The average Bonchev–Trinajstić information content (AvgIpc) is 2.76. The van der Waals surface area contributed by atoms with Gasteiger partial charge in [0.1, 0.15) is 0 Å². The Balaban J connectivity index is 2.34. The Bertz CT molecular complexity index is 514. The molecule has 19 heavy (non-hydrogen) atoms. The Labute approximate surface area is 124 Å². The molecule has 0 N–H and O–H groups in total. The number of hydrogen-bond donors (Lipinski definition) is 0. The van der Waals surface area contributed by atoms with E-state index in [2.05, 4.69) is 31.7 Å². The molecular formula is C15H18Cl2N2. The summed E-state index contributed by atoms with van der Waals surface area (Å²) in [6, 6.07) is 7.91. The lowest BCUT2D eigenvalue weighted by Crippen LogP contribution is -2.39. The first-order valence-electron chi connectivity index (χ1n) is 6.42. The number of nitriles is 1. The second kappa shape index (κ2) is 5.32. The molecule has 0 saturated carbocycles. The highest BCUT2D eigenvalue weighted by Gasteiger charge is 2.39. The summed E-state index contributed by atoms with van der Waals surface area (Å²) >= 11 is 12.3. The average molecular weight is 297 g/mol. The summed E-state index contributed by atoms with van der Waals surface area (Å²) < 4.78 is 0. The van der Waals surface area contributed by atoms with Gasteiger partial charge in [-0.1, -0.05) is 23.2 Å². The maximum absolute atomic E-state index is 9.39. The molecule has 2 atom stereocenters. The second-order valence-corrected chi connectivity index (χ2v) is 6.93. The van der Waals surface area contributed by atoms with Crippen LogP contribution in [0, 0.1) is 17.2 Å². The highest BCUT2D eigenvalue weighted by Crippen LogP contribution is 2.39. The van der Waals surface area contributed by atoms with Crippen LogP contribution < -0.4 is 0 Å². The Kier molecular flexibility index (Phi) is 4.11. The van der Waals surface area contributed by atoms with Crippen molar-refractivity contribution in [1.82, 2.24) is 4.90 Å². The van der Waals surface area contributed by atoms with Crippen LogP contribution in [0.5, 0.6) is 0 Å². The van der Waals surface area contributed by atoms with Crippen LogP contribution in [0.25, 0.3) is 0 Å². The summed E-state index contributed by atoms with van der Waals surface area (Å²) in [6.45, 7) is 8.14. The van der Waals surface area contributed by atoms with Crippen molar-refractivity contribution < 1.29 is 0 Å². The standard InChI is InChI=1S/C15H18Cl2N2/c1-15(2,3)19-8-10(7-18)13(9-19)12-6-11(16)4-5-14(12)17/h4-6,10,13H,8-9H2,1-3H3/t10-,13-/m0/s1. The van der Waals surface area contributed by atoms with E-state index in [-0.39, 0.29) is 17.4 Å². The third kappa shape index (κ3) is 3.05. The molecule has 0 spiro atoms. The fraction of sp³-hybridized carbons (Fsp3) is 0.533. The van der Waals surface area contributed by atoms with Crippen molar-refractivity contribution in [1.29, 1.82) is 5.26 Å². The van der Waals surface area contributed by atoms with Crippen LogP contribution in [0.2, 0.25) is 10.0 Å². The van der Waals surface area contributed by atoms with E-state index in [1.54, 1.807) is 6.07 Å². The molecular weight excluding hydrogens is 279 g/mol. The predicted octanol–water partition coefficient (Wildman–Crippen LogP) is 4.33. The zero-order valence-electron chi connectivity index (χ0n) is 11.5. The lowest BCUT2D eigenvalue weighted by atomic mass is 9.90. The molecule has 0 unspecified atom stereocenters. The Morgan fingerprint density at radius 2 is 1.95 bits per heavy atom. The van der Waals surface area contributed by atoms with E-state index < -0.39 is 0 Å². The number of rotatable bonds is 1. The molecule has 0 amide bonds. The van der Waals surface area contributed by atoms with E-state index in [9.17, 15) is 5.26 Å². The van der Waals surface area contributed by atoms with E-state index in [0.29, 0.717) is 10.0 Å². The van der Waals surface area contributed by atoms with Gasteiger partial charge in [-0.15, -0.1) is 0 Å². The van der Waals surface area contributed by atoms with E-state index >= 15 is 0 Å². The van der Waals surface area contributed by atoms with Gasteiger partial charge < -0.3 is 0 Å². The molecule has 0 aromatic heterocycles. The number of halogens is 2. The quantitative estimate of drug-likeness (QED) is 0.771. The van der Waals surface area contributed by atoms with E-state index in [1.165, 1.54) is 0 Å². The fourth-order valence-electron chi connectivity index (χ4n) is 2.60. The Morgan fingerprint density at radius 3 is 2.53 bits per heavy atom. The van der Waals surface area contributed by atoms with E-state index in [1.807, 2.05) is 12.1 Å². The highest BCUT2D eigenvalue weighted by molar-refractivity contribution is 6.33. The van der Waals surface area contributed by atoms with Crippen molar-refractivity contribution >= 4 is 23.2 Å². The zero-order valence-corrected chi connectivity index (χ0v) is 13.0. The molecule has 0 bridgehead atoms. The molecule has 2 nitrogen and oxygen atoms in total. The van der Waals surface area contributed by atoms with Crippen LogP contribution in [0.15, 0.2) is 18.2 Å². The van der Waals surface area contributed by atoms with Crippen molar-refractivity contribution in [2.45, 2.75) is 32.2 Å². The smallest absolute Gasteiger partial charge is 0.0676 e. The Morgan fingerprint density at radius 1 is 1.26 bits per heavy atom. The molecule has 1 aliphatic heterocycles. The summed E-state index contributed by atoms with van der Waals surface area (Å²) in [5.74, 6) is 0.102. The van der Waals surface area contributed by atoms with Crippen LogP contribution in [-0.4, -0.2) is 23.5 Å². The van der Waals surface area contributed by atoms with Gasteiger partial charge in [0.05, 0.1) is 12.0 Å². The van der Waals surface area contributed by atoms with Gasteiger partial charge in [0.25, 0.3) is 0 Å². The molecule has 0 radical (unpaired) electrons. The summed E-state index contributed by atoms with van der Waals surface area (Å²) in [4.78, 5) is 2.34. The lowest BCUT2D eigenvalue weighted by molar-refractivity contribution is 0.170. The van der Waals surface area contributed by atoms with Crippen LogP contribution in [0.3, 0.4) is 0 Å². The van der Waals surface area contributed by atoms with Gasteiger partial charge >= 0.3 is 0 Å². The van der Waals surface area contributed by atoms with E-state index in [4.69, 9.17) is 23.2 Å². The predicted molar refractivity (Wildman–Crippen MR) is 79.6 cm³/mol. The summed E-state index contributed by atoms with van der Waals surface area (Å²) in [7, 11) is 0. The number of nitrogens with zero attached hydrogens (tertiary/aromatic N) is 2. The second-order valence-electron chi connectivity index (χ2n) is 6.08. The molecule has 4 heteroatoms. The molecule has 102 valence electrons. The third-order valence-electron chi connectivity index (χ3n) is 3.79. The first-order valence-corrected chi connectivity index (χ1v) is 7.18. The molecule has 1 aliphatic rings. The van der Waals surface area contributed by atoms with Gasteiger partial charge in [-0.05, 0) is 44.5 Å². The number of hydrogen-bond acceptors (Lipinski definition) is 2. The maximum atomic E-state index is 9.39. The molecule has 1 fully saturated rings. The van der Waals surface area contributed by atoms with Crippen LogP contribution in [0.1, 0.15) is 32.3 Å². The van der Waals surface area contributed by atoms with Gasteiger partial charge in [0, 0.05) is 34.6 Å². The van der Waals surface area contributed by atoms with Crippen molar-refractivity contribution in [2.24, 2.45) is 5.92 Å². The van der Waals surface area contributed by atoms with Crippen LogP contribution in [-0.2, 0) is 0 Å². The lowest BCUT2D eigenvalue weighted by Gasteiger charge is -2.31. The number of benzene rings is 1. The van der Waals surface area contributed by atoms with Gasteiger partial charge in [0.2, 0.25) is 0 Å². The minimum absolute atomic E-state index is 0.0322.